The highest BCUT2D eigenvalue weighted by molar-refractivity contribution is 7.99. The van der Waals surface area contributed by atoms with E-state index in [4.69, 9.17) is 5.10 Å². The molecule has 0 spiro atoms. The van der Waals surface area contributed by atoms with Crippen LogP contribution < -0.4 is 4.90 Å². The van der Waals surface area contributed by atoms with E-state index in [-0.39, 0.29) is 5.91 Å². The molecule has 0 bridgehead atoms. The molecule has 0 radical (unpaired) electrons. The fraction of sp³-hybridized carbons (Fsp3) is 0.600. The third-order valence-corrected chi connectivity index (χ3v) is 8.24. The standard InChI is InChI=1S/C25H35N5O2S/c1-2-9-30-23-8-5-20(18-22(23)24(26-30)25(32)29-14-16-33-17-15-29)28-12-10-27(11-13-28)19-3-6-21(31)7-4-19/h3-4,6-7,20,31H,2,5,8-18H2,1H3/t20-/m1/s1. The van der Waals surface area contributed by atoms with Gasteiger partial charge in [0.1, 0.15) is 5.75 Å². The second kappa shape index (κ2) is 9.97. The minimum atomic E-state index is 0.138. The molecule has 0 saturated carbocycles. The van der Waals surface area contributed by atoms with E-state index >= 15 is 0 Å². The van der Waals surface area contributed by atoms with E-state index in [9.17, 15) is 9.90 Å². The van der Waals surface area contributed by atoms with Gasteiger partial charge in [-0.2, -0.15) is 16.9 Å². The maximum absolute atomic E-state index is 13.4. The smallest absolute Gasteiger partial charge is 0.274 e. The fourth-order valence-electron chi connectivity index (χ4n) is 5.47. The van der Waals surface area contributed by atoms with E-state index in [1.165, 1.54) is 16.9 Å². The summed E-state index contributed by atoms with van der Waals surface area (Å²) in [6.07, 6.45) is 4.11. The summed E-state index contributed by atoms with van der Waals surface area (Å²) in [6, 6.07) is 7.99. The van der Waals surface area contributed by atoms with Gasteiger partial charge in [-0.3, -0.25) is 14.4 Å². The van der Waals surface area contributed by atoms with E-state index in [0.717, 1.165) is 88.7 Å². The molecule has 2 fully saturated rings. The molecule has 5 rings (SSSR count). The van der Waals surface area contributed by atoms with Crippen molar-refractivity contribution >= 4 is 23.4 Å². The van der Waals surface area contributed by atoms with Gasteiger partial charge in [0.05, 0.1) is 0 Å². The number of hydrogen-bond donors (Lipinski definition) is 1. The number of rotatable bonds is 5. The molecule has 3 aliphatic rings. The van der Waals surface area contributed by atoms with Crippen LogP contribution in [0.15, 0.2) is 24.3 Å². The maximum Gasteiger partial charge on any atom is 0.274 e. The number of aryl methyl sites for hydroxylation is 1. The van der Waals surface area contributed by atoms with Gasteiger partial charge in [-0.1, -0.05) is 6.92 Å². The lowest BCUT2D eigenvalue weighted by Gasteiger charge is -2.41. The number of phenols is 1. The number of benzene rings is 1. The molecule has 1 atom stereocenters. The molecule has 3 heterocycles. The molecule has 1 aliphatic carbocycles. The number of amides is 1. The number of hydrogen-bond acceptors (Lipinski definition) is 6. The molecule has 0 unspecified atom stereocenters. The van der Waals surface area contributed by atoms with Gasteiger partial charge in [0.15, 0.2) is 5.69 Å². The monoisotopic (exact) mass is 469 g/mol. The summed E-state index contributed by atoms with van der Waals surface area (Å²) < 4.78 is 2.13. The molecular formula is C25H35N5O2S. The molecule has 7 nitrogen and oxygen atoms in total. The summed E-state index contributed by atoms with van der Waals surface area (Å²) in [5.41, 5.74) is 4.40. The molecule has 33 heavy (non-hydrogen) atoms. The number of carbonyl (C=O) groups excluding carboxylic acids is 1. The lowest BCUT2D eigenvalue weighted by atomic mass is 9.89. The zero-order chi connectivity index (χ0) is 22.8. The van der Waals surface area contributed by atoms with Crippen molar-refractivity contribution in [2.45, 2.75) is 45.2 Å². The first-order valence-corrected chi connectivity index (χ1v) is 13.5. The molecule has 2 aliphatic heterocycles. The van der Waals surface area contributed by atoms with Gasteiger partial charge in [0.2, 0.25) is 0 Å². The van der Waals surface area contributed by atoms with Crippen LogP contribution in [-0.2, 0) is 19.4 Å². The lowest BCUT2D eigenvalue weighted by molar-refractivity contribution is 0.0763. The topological polar surface area (TPSA) is 64.8 Å². The largest absolute Gasteiger partial charge is 0.508 e. The number of phenolic OH excluding ortho intramolecular Hbond substituents is 1. The highest BCUT2D eigenvalue weighted by Gasteiger charge is 2.34. The summed E-state index contributed by atoms with van der Waals surface area (Å²) in [4.78, 5) is 20.4. The Morgan fingerprint density at radius 2 is 1.82 bits per heavy atom. The van der Waals surface area contributed by atoms with Gasteiger partial charge in [0, 0.05) is 80.3 Å². The third-order valence-electron chi connectivity index (χ3n) is 7.30. The number of aromatic nitrogens is 2. The minimum Gasteiger partial charge on any atom is -0.508 e. The molecule has 1 amide bonds. The van der Waals surface area contributed by atoms with Gasteiger partial charge in [-0.25, -0.2) is 0 Å². The van der Waals surface area contributed by atoms with Gasteiger partial charge in [-0.05, 0) is 49.9 Å². The van der Waals surface area contributed by atoms with Crippen LogP contribution in [0.25, 0.3) is 0 Å². The Bertz CT molecular complexity index is 962. The van der Waals surface area contributed by atoms with Crippen molar-refractivity contribution < 1.29 is 9.90 Å². The molecule has 2 aromatic rings. The predicted octanol–water partition coefficient (Wildman–Crippen LogP) is 2.87. The Labute approximate surface area is 200 Å². The van der Waals surface area contributed by atoms with Crippen LogP contribution in [0.5, 0.6) is 5.75 Å². The Morgan fingerprint density at radius 3 is 2.52 bits per heavy atom. The quantitative estimate of drug-likeness (QED) is 0.727. The maximum atomic E-state index is 13.4. The first-order valence-electron chi connectivity index (χ1n) is 12.4. The first-order chi connectivity index (χ1) is 16.1. The van der Waals surface area contributed by atoms with E-state index < -0.39 is 0 Å². The SMILES string of the molecule is CCCn1nc(C(=O)N2CCSCC2)c2c1CC[C@@H](N1CCN(c3ccc(O)cc3)CC1)C2. The van der Waals surface area contributed by atoms with Crippen molar-refractivity contribution in [2.75, 3.05) is 55.7 Å². The predicted molar refractivity (Wildman–Crippen MR) is 133 cm³/mol. The number of nitrogens with zero attached hydrogens (tertiary/aromatic N) is 5. The summed E-state index contributed by atoms with van der Waals surface area (Å²) in [6.45, 7) is 8.76. The first kappa shape index (κ1) is 22.6. The van der Waals surface area contributed by atoms with Crippen LogP contribution in [0, 0.1) is 0 Å². The summed E-state index contributed by atoms with van der Waals surface area (Å²) >= 11 is 1.93. The van der Waals surface area contributed by atoms with Gasteiger partial charge < -0.3 is 14.9 Å². The molecular weight excluding hydrogens is 434 g/mol. The molecule has 1 aromatic heterocycles. The summed E-state index contributed by atoms with van der Waals surface area (Å²) in [5, 5.41) is 14.4. The van der Waals surface area contributed by atoms with E-state index in [1.807, 2.05) is 28.8 Å². The highest BCUT2D eigenvalue weighted by Crippen LogP contribution is 2.30. The normalized spacial score (nSPS) is 21.8. The summed E-state index contributed by atoms with van der Waals surface area (Å²) in [5.74, 6) is 2.50. The molecule has 1 aromatic carbocycles. The minimum absolute atomic E-state index is 0.138. The van der Waals surface area contributed by atoms with Gasteiger partial charge in [0.25, 0.3) is 5.91 Å². The van der Waals surface area contributed by atoms with Crippen molar-refractivity contribution in [3.05, 3.63) is 41.2 Å². The van der Waals surface area contributed by atoms with E-state index in [1.54, 1.807) is 12.1 Å². The van der Waals surface area contributed by atoms with E-state index in [0.29, 0.717) is 11.8 Å². The van der Waals surface area contributed by atoms with Crippen molar-refractivity contribution in [2.24, 2.45) is 0 Å². The average Bonchev–Trinajstić information content (AvgIpc) is 3.22. The number of thioether (sulfide) groups is 1. The van der Waals surface area contributed by atoms with Crippen LogP contribution >= 0.6 is 11.8 Å². The fourth-order valence-corrected chi connectivity index (χ4v) is 6.38. The second-order valence-electron chi connectivity index (χ2n) is 9.34. The third kappa shape index (κ3) is 4.73. The Kier molecular flexibility index (Phi) is 6.83. The van der Waals surface area contributed by atoms with Gasteiger partial charge >= 0.3 is 0 Å². The lowest BCUT2D eigenvalue weighted by Crippen LogP contribution is -2.52. The summed E-state index contributed by atoms with van der Waals surface area (Å²) in [7, 11) is 0. The highest BCUT2D eigenvalue weighted by atomic mass is 32.2. The van der Waals surface area contributed by atoms with Crippen LogP contribution in [0.2, 0.25) is 0 Å². The van der Waals surface area contributed by atoms with Crippen molar-refractivity contribution in [3.63, 3.8) is 0 Å². The number of anilines is 1. The zero-order valence-corrected chi connectivity index (χ0v) is 20.4. The average molecular weight is 470 g/mol. The molecule has 178 valence electrons. The van der Waals surface area contributed by atoms with Crippen LogP contribution in [0.3, 0.4) is 0 Å². The van der Waals surface area contributed by atoms with Gasteiger partial charge in [-0.15, -0.1) is 0 Å². The zero-order valence-electron chi connectivity index (χ0n) is 19.6. The Morgan fingerprint density at radius 1 is 1.09 bits per heavy atom. The molecule has 8 heteroatoms. The van der Waals surface area contributed by atoms with Crippen molar-refractivity contribution in [1.29, 1.82) is 0 Å². The Balaban J connectivity index is 1.29. The van der Waals surface area contributed by atoms with Crippen LogP contribution in [-0.4, -0.2) is 87.4 Å². The number of aromatic hydroxyl groups is 1. The van der Waals surface area contributed by atoms with Crippen molar-refractivity contribution in [1.82, 2.24) is 19.6 Å². The second-order valence-corrected chi connectivity index (χ2v) is 10.6. The number of piperazine rings is 1. The van der Waals surface area contributed by atoms with Crippen molar-refractivity contribution in [3.8, 4) is 5.75 Å². The molecule has 2 saturated heterocycles. The molecule has 1 N–H and O–H groups in total. The number of carbonyl (C=O) groups is 1. The van der Waals surface area contributed by atoms with Crippen LogP contribution in [0.1, 0.15) is 41.5 Å². The number of fused-ring (bicyclic) bond motifs is 1. The van der Waals surface area contributed by atoms with Crippen LogP contribution in [0.4, 0.5) is 5.69 Å². The Hall–Kier alpha value is -2.19. The van der Waals surface area contributed by atoms with E-state index in [2.05, 4.69) is 21.4 Å².